The van der Waals surface area contributed by atoms with Crippen molar-refractivity contribution < 1.29 is 14.8 Å². The highest BCUT2D eigenvalue weighted by Gasteiger charge is 2.10. The first-order chi connectivity index (χ1) is 8.52. The van der Waals surface area contributed by atoms with Crippen LogP contribution in [0.3, 0.4) is 0 Å². The summed E-state index contributed by atoms with van der Waals surface area (Å²) in [5.74, 6) is 0.391. The lowest BCUT2D eigenvalue weighted by Gasteiger charge is -2.18. The van der Waals surface area contributed by atoms with Crippen LogP contribution in [-0.2, 0) is 0 Å². The molecule has 1 rings (SSSR count). The first kappa shape index (κ1) is 14.4. The van der Waals surface area contributed by atoms with Gasteiger partial charge in [-0.2, -0.15) is 0 Å². The molecule has 0 bridgehead atoms. The predicted octanol–water partition coefficient (Wildman–Crippen LogP) is 1.29. The van der Waals surface area contributed by atoms with Gasteiger partial charge < -0.3 is 14.7 Å². The van der Waals surface area contributed by atoms with Gasteiger partial charge in [-0.25, -0.2) is 0 Å². The number of benzene rings is 1. The third-order valence-electron chi connectivity index (χ3n) is 2.53. The Balaban J connectivity index is 2.48. The molecule has 1 unspecified atom stereocenters. The number of aliphatic hydroxyl groups is 1. The molecule has 0 amide bonds. The van der Waals surface area contributed by atoms with Crippen molar-refractivity contribution in [1.82, 2.24) is 4.90 Å². The smallest absolute Gasteiger partial charge is 0.273 e. The van der Waals surface area contributed by atoms with E-state index in [9.17, 15) is 15.2 Å². The van der Waals surface area contributed by atoms with Gasteiger partial charge in [0.2, 0.25) is 0 Å². The number of aliphatic hydroxyl groups excluding tert-OH is 1. The van der Waals surface area contributed by atoms with Crippen LogP contribution in [0.5, 0.6) is 5.75 Å². The van der Waals surface area contributed by atoms with Gasteiger partial charge in [0.05, 0.1) is 11.0 Å². The van der Waals surface area contributed by atoms with E-state index in [1.54, 1.807) is 12.1 Å². The fraction of sp³-hybridized carbons (Fsp3) is 0.500. The molecule has 0 fully saturated rings. The van der Waals surface area contributed by atoms with E-state index in [1.165, 1.54) is 12.1 Å². The molecule has 0 aromatic heterocycles. The summed E-state index contributed by atoms with van der Waals surface area (Å²) in [4.78, 5) is 12.1. The molecular weight excluding hydrogens is 236 g/mol. The van der Waals surface area contributed by atoms with Crippen molar-refractivity contribution >= 4 is 5.69 Å². The topological polar surface area (TPSA) is 75.8 Å². The molecule has 0 aliphatic rings. The molecule has 0 heterocycles. The molecule has 100 valence electrons. The maximum absolute atomic E-state index is 10.6. The molecule has 0 radical (unpaired) electrons. The van der Waals surface area contributed by atoms with E-state index in [-0.39, 0.29) is 12.3 Å². The third-order valence-corrected chi connectivity index (χ3v) is 2.53. The maximum atomic E-state index is 10.6. The molecule has 0 aliphatic carbocycles. The number of likely N-dealkylation sites (N-methyl/N-ethyl adjacent to an activating group) is 1. The molecule has 0 saturated heterocycles. The van der Waals surface area contributed by atoms with Crippen LogP contribution < -0.4 is 4.74 Å². The van der Waals surface area contributed by atoms with Crippen molar-refractivity contribution in [3.63, 3.8) is 0 Å². The van der Waals surface area contributed by atoms with E-state index in [0.717, 1.165) is 6.54 Å². The SMILES string of the molecule is CCN(C)CC(O)COc1cccc([N+](=O)[O-])c1. The Morgan fingerprint density at radius 3 is 2.89 bits per heavy atom. The van der Waals surface area contributed by atoms with Gasteiger partial charge in [0.15, 0.2) is 0 Å². The van der Waals surface area contributed by atoms with E-state index in [1.807, 2.05) is 18.9 Å². The third kappa shape index (κ3) is 4.68. The lowest BCUT2D eigenvalue weighted by atomic mass is 10.3. The Hall–Kier alpha value is -1.66. The lowest BCUT2D eigenvalue weighted by Crippen LogP contribution is -2.32. The quantitative estimate of drug-likeness (QED) is 0.586. The van der Waals surface area contributed by atoms with Crippen LogP contribution in [0.2, 0.25) is 0 Å². The highest BCUT2D eigenvalue weighted by Crippen LogP contribution is 2.19. The summed E-state index contributed by atoms with van der Waals surface area (Å²) >= 11 is 0. The monoisotopic (exact) mass is 254 g/mol. The van der Waals surface area contributed by atoms with Crippen LogP contribution in [-0.4, -0.2) is 47.8 Å². The number of hydrogen-bond acceptors (Lipinski definition) is 5. The maximum Gasteiger partial charge on any atom is 0.273 e. The normalized spacial score (nSPS) is 12.4. The van der Waals surface area contributed by atoms with Crippen LogP contribution in [0.15, 0.2) is 24.3 Å². The minimum absolute atomic E-state index is 0.0207. The largest absolute Gasteiger partial charge is 0.491 e. The minimum atomic E-state index is -0.616. The van der Waals surface area contributed by atoms with Gasteiger partial charge >= 0.3 is 0 Å². The van der Waals surface area contributed by atoms with Gasteiger partial charge in [0, 0.05) is 12.6 Å². The van der Waals surface area contributed by atoms with Crippen LogP contribution in [0, 0.1) is 10.1 Å². The van der Waals surface area contributed by atoms with Crippen molar-refractivity contribution in [2.45, 2.75) is 13.0 Å². The van der Waals surface area contributed by atoms with Gasteiger partial charge in [-0.15, -0.1) is 0 Å². The summed E-state index contributed by atoms with van der Waals surface area (Å²) in [7, 11) is 1.90. The van der Waals surface area contributed by atoms with E-state index >= 15 is 0 Å². The Bertz CT molecular complexity index is 397. The second-order valence-corrected chi connectivity index (χ2v) is 4.07. The first-order valence-electron chi connectivity index (χ1n) is 5.76. The number of nitro benzene ring substituents is 1. The molecule has 1 N–H and O–H groups in total. The molecule has 0 spiro atoms. The summed E-state index contributed by atoms with van der Waals surface area (Å²) < 4.78 is 5.32. The molecule has 0 aliphatic heterocycles. The standard InChI is InChI=1S/C12H18N2O4/c1-3-13(2)8-11(15)9-18-12-6-4-5-10(7-12)14(16)17/h4-7,11,15H,3,8-9H2,1-2H3. The number of non-ortho nitro benzene ring substituents is 1. The Kier molecular flexibility index (Phi) is 5.54. The van der Waals surface area contributed by atoms with Crippen molar-refractivity contribution in [3.8, 4) is 5.75 Å². The average molecular weight is 254 g/mol. The van der Waals surface area contributed by atoms with Gasteiger partial charge in [0.1, 0.15) is 18.5 Å². The van der Waals surface area contributed by atoms with Crippen molar-refractivity contribution in [2.75, 3.05) is 26.7 Å². The number of hydrogen-bond donors (Lipinski definition) is 1. The zero-order valence-corrected chi connectivity index (χ0v) is 10.6. The van der Waals surface area contributed by atoms with Crippen LogP contribution in [0.25, 0.3) is 0 Å². The number of nitro groups is 1. The van der Waals surface area contributed by atoms with E-state index in [0.29, 0.717) is 12.3 Å². The Labute approximate surface area is 106 Å². The number of nitrogens with zero attached hydrogens (tertiary/aromatic N) is 2. The minimum Gasteiger partial charge on any atom is -0.491 e. The molecule has 1 atom stereocenters. The molecule has 1 aromatic rings. The van der Waals surface area contributed by atoms with E-state index < -0.39 is 11.0 Å². The molecule has 6 nitrogen and oxygen atoms in total. The molecule has 0 saturated carbocycles. The van der Waals surface area contributed by atoms with E-state index in [2.05, 4.69) is 0 Å². The fourth-order valence-electron chi connectivity index (χ4n) is 1.42. The Morgan fingerprint density at radius 2 is 2.28 bits per heavy atom. The summed E-state index contributed by atoms with van der Waals surface area (Å²) in [5, 5.41) is 20.3. The van der Waals surface area contributed by atoms with Crippen LogP contribution in [0.4, 0.5) is 5.69 Å². The lowest BCUT2D eigenvalue weighted by molar-refractivity contribution is -0.384. The highest BCUT2D eigenvalue weighted by atomic mass is 16.6. The summed E-state index contributed by atoms with van der Waals surface area (Å²) in [6.07, 6.45) is -0.616. The van der Waals surface area contributed by atoms with Crippen molar-refractivity contribution in [3.05, 3.63) is 34.4 Å². The summed E-state index contributed by atoms with van der Waals surface area (Å²) in [5.41, 5.74) is -0.0207. The first-order valence-corrected chi connectivity index (χ1v) is 5.76. The number of ether oxygens (including phenoxy) is 1. The second-order valence-electron chi connectivity index (χ2n) is 4.07. The summed E-state index contributed by atoms with van der Waals surface area (Å²) in [6.45, 7) is 3.46. The fourth-order valence-corrected chi connectivity index (χ4v) is 1.42. The molecule has 6 heteroatoms. The summed E-state index contributed by atoms with van der Waals surface area (Å²) in [6, 6.07) is 5.92. The zero-order valence-electron chi connectivity index (χ0n) is 10.6. The Morgan fingerprint density at radius 1 is 1.56 bits per heavy atom. The van der Waals surface area contributed by atoms with Gasteiger partial charge in [-0.05, 0) is 19.7 Å². The second kappa shape index (κ2) is 6.93. The zero-order chi connectivity index (χ0) is 13.5. The van der Waals surface area contributed by atoms with Gasteiger partial charge in [0.25, 0.3) is 5.69 Å². The number of rotatable bonds is 7. The van der Waals surface area contributed by atoms with Gasteiger partial charge in [-0.1, -0.05) is 13.0 Å². The van der Waals surface area contributed by atoms with E-state index in [4.69, 9.17) is 4.74 Å². The van der Waals surface area contributed by atoms with Crippen molar-refractivity contribution in [1.29, 1.82) is 0 Å². The van der Waals surface area contributed by atoms with Crippen LogP contribution in [0.1, 0.15) is 6.92 Å². The van der Waals surface area contributed by atoms with Crippen LogP contribution >= 0.6 is 0 Å². The average Bonchev–Trinajstić information content (AvgIpc) is 2.36. The van der Waals surface area contributed by atoms with Gasteiger partial charge in [-0.3, -0.25) is 10.1 Å². The van der Waals surface area contributed by atoms with Crippen molar-refractivity contribution in [2.24, 2.45) is 0 Å². The highest BCUT2D eigenvalue weighted by molar-refractivity contribution is 5.37. The molecule has 1 aromatic carbocycles. The predicted molar refractivity (Wildman–Crippen MR) is 67.8 cm³/mol. The molecular formula is C12H18N2O4. The molecule has 18 heavy (non-hydrogen) atoms.